The van der Waals surface area contributed by atoms with Gasteiger partial charge in [0.15, 0.2) is 6.61 Å². The zero-order chi connectivity index (χ0) is 17.5. The molecule has 2 aliphatic heterocycles. The molecular formula is C19H27N3O3. The minimum Gasteiger partial charge on any atom is -0.484 e. The summed E-state index contributed by atoms with van der Waals surface area (Å²) in [5, 5.41) is 6.25. The lowest BCUT2D eigenvalue weighted by Crippen LogP contribution is -2.47. The number of hydrogen-bond donors (Lipinski definition) is 2. The van der Waals surface area contributed by atoms with E-state index in [0.717, 1.165) is 38.8 Å². The molecule has 0 aliphatic carbocycles. The average Bonchev–Trinajstić information content (AvgIpc) is 3.20. The fraction of sp³-hybridized carbons (Fsp3) is 0.579. The van der Waals surface area contributed by atoms with Gasteiger partial charge in [0.25, 0.3) is 5.91 Å². The smallest absolute Gasteiger partial charge is 0.260 e. The molecule has 3 rings (SSSR count). The van der Waals surface area contributed by atoms with Gasteiger partial charge in [-0.2, -0.15) is 0 Å². The van der Waals surface area contributed by atoms with E-state index in [1.807, 2.05) is 35.2 Å². The number of rotatable bonds is 6. The van der Waals surface area contributed by atoms with Crippen LogP contribution in [0.2, 0.25) is 0 Å². The van der Waals surface area contributed by atoms with Crippen LogP contribution in [0.1, 0.15) is 25.7 Å². The van der Waals surface area contributed by atoms with E-state index in [9.17, 15) is 9.59 Å². The summed E-state index contributed by atoms with van der Waals surface area (Å²) >= 11 is 0. The Morgan fingerprint density at radius 3 is 2.80 bits per heavy atom. The number of ether oxygens (including phenoxy) is 1. The Morgan fingerprint density at radius 2 is 2.04 bits per heavy atom. The Balaban J connectivity index is 1.40. The second kappa shape index (κ2) is 8.85. The van der Waals surface area contributed by atoms with Gasteiger partial charge in [0.05, 0.1) is 6.04 Å². The standard InChI is InChI=1S/C19H27N3O3/c23-18(14-25-16-7-2-1-3-8-16)22-11-5-6-15(13-22)12-21-19(24)17-9-4-10-20-17/h1-3,7-8,15,17,20H,4-6,9-14H2,(H,21,24). The number of likely N-dealkylation sites (tertiary alicyclic amines) is 1. The number of nitrogens with zero attached hydrogens (tertiary/aromatic N) is 1. The van der Waals surface area contributed by atoms with Crippen LogP contribution in [0.4, 0.5) is 0 Å². The van der Waals surface area contributed by atoms with E-state index in [0.29, 0.717) is 24.8 Å². The van der Waals surface area contributed by atoms with Crippen LogP contribution in [0, 0.1) is 5.92 Å². The van der Waals surface area contributed by atoms with Gasteiger partial charge in [0, 0.05) is 19.6 Å². The lowest BCUT2D eigenvalue weighted by Gasteiger charge is -2.33. The molecule has 1 aromatic rings. The summed E-state index contributed by atoms with van der Waals surface area (Å²) in [4.78, 5) is 26.3. The molecule has 2 heterocycles. The SMILES string of the molecule is O=C(NCC1CCCN(C(=O)COc2ccccc2)C1)C1CCCN1. The highest BCUT2D eigenvalue weighted by Gasteiger charge is 2.26. The van der Waals surface area contributed by atoms with Crippen LogP contribution in [-0.4, -0.2) is 55.5 Å². The third-order valence-corrected chi connectivity index (χ3v) is 4.92. The molecule has 2 fully saturated rings. The van der Waals surface area contributed by atoms with E-state index in [2.05, 4.69) is 10.6 Å². The van der Waals surface area contributed by atoms with Gasteiger partial charge >= 0.3 is 0 Å². The molecule has 0 bridgehead atoms. The second-order valence-corrected chi connectivity index (χ2v) is 6.84. The Bertz CT molecular complexity index is 573. The van der Waals surface area contributed by atoms with Crippen molar-refractivity contribution in [2.45, 2.75) is 31.7 Å². The van der Waals surface area contributed by atoms with Gasteiger partial charge in [-0.3, -0.25) is 9.59 Å². The number of piperidine rings is 1. The fourth-order valence-electron chi connectivity index (χ4n) is 3.49. The number of amides is 2. The molecule has 0 saturated carbocycles. The largest absolute Gasteiger partial charge is 0.484 e. The van der Waals surface area contributed by atoms with Crippen molar-refractivity contribution in [3.05, 3.63) is 30.3 Å². The lowest BCUT2D eigenvalue weighted by molar-refractivity contribution is -0.135. The number of carbonyl (C=O) groups is 2. The van der Waals surface area contributed by atoms with Crippen LogP contribution in [0.25, 0.3) is 0 Å². The molecular weight excluding hydrogens is 318 g/mol. The fourth-order valence-corrected chi connectivity index (χ4v) is 3.49. The zero-order valence-corrected chi connectivity index (χ0v) is 14.6. The highest BCUT2D eigenvalue weighted by Crippen LogP contribution is 2.17. The van der Waals surface area contributed by atoms with Crippen LogP contribution >= 0.6 is 0 Å². The molecule has 136 valence electrons. The van der Waals surface area contributed by atoms with Crippen molar-refractivity contribution >= 4 is 11.8 Å². The first-order chi connectivity index (χ1) is 12.2. The summed E-state index contributed by atoms with van der Waals surface area (Å²) < 4.78 is 5.55. The number of hydrogen-bond acceptors (Lipinski definition) is 4. The third kappa shape index (κ3) is 5.19. The van der Waals surface area contributed by atoms with E-state index < -0.39 is 0 Å². The van der Waals surface area contributed by atoms with Crippen molar-refractivity contribution < 1.29 is 14.3 Å². The summed E-state index contributed by atoms with van der Waals surface area (Å²) in [6, 6.07) is 9.34. The van der Waals surface area contributed by atoms with Crippen LogP contribution in [0.15, 0.2) is 30.3 Å². The predicted octanol–water partition coefficient (Wildman–Crippen LogP) is 1.17. The van der Waals surface area contributed by atoms with Gasteiger partial charge in [-0.15, -0.1) is 0 Å². The molecule has 0 aromatic heterocycles. The first-order valence-electron chi connectivity index (χ1n) is 9.19. The summed E-state index contributed by atoms with van der Waals surface area (Å²) in [6.45, 7) is 3.08. The van der Waals surface area contributed by atoms with Crippen LogP contribution in [0.3, 0.4) is 0 Å². The topological polar surface area (TPSA) is 70.7 Å². The van der Waals surface area contributed by atoms with E-state index in [4.69, 9.17) is 4.74 Å². The van der Waals surface area contributed by atoms with E-state index in [1.54, 1.807) is 0 Å². The van der Waals surface area contributed by atoms with Crippen molar-refractivity contribution in [1.29, 1.82) is 0 Å². The molecule has 6 heteroatoms. The van der Waals surface area contributed by atoms with Crippen LogP contribution in [-0.2, 0) is 9.59 Å². The van der Waals surface area contributed by atoms with E-state index in [-0.39, 0.29) is 24.5 Å². The summed E-state index contributed by atoms with van der Waals surface area (Å²) in [7, 11) is 0. The maximum atomic E-state index is 12.4. The number of benzene rings is 1. The average molecular weight is 345 g/mol. The van der Waals surface area contributed by atoms with Gasteiger partial charge < -0.3 is 20.3 Å². The molecule has 6 nitrogen and oxygen atoms in total. The highest BCUT2D eigenvalue weighted by atomic mass is 16.5. The van der Waals surface area contributed by atoms with Gasteiger partial charge in [0.2, 0.25) is 5.91 Å². The van der Waals surface area contributed by atoms with Gasteiger partial charge in [-0.1, -0.05) is 18.2 Å². The molecule has 2 amide bonds. The van der Waals surface area contributed by atoms with Crippen molar-refractivity contribution in [2.24, 2.45) is 5.92 Å². The Labute approximate surface area is 148 Å². The van der Waals surface area contributed by atoms with Crippen LogP contribution < -0.4 is 15.4 Å². The monoisotopic (exact) mass is 345 g/mol. The zero-order valence-electron chi connectivity index (χ0n) is 14.6. The van der Waals surface area contributed by atoms with Gasteiger partial charge in [-0.25, -0.2) is 0 Å². The maximum absolute atomic E-state index is 12.4. The third-order valence-electron chi connectivity index (χ3n) is 4.92. The van der Waals surface area contributed by atoms with Crippen LogP contribution in [0.5, 0.6) is 5.75 Å². The number of carbonyl (C=O) groups excluding carboxylic acids is 2. The quantitative estimate of drug-likeness (QED) is 0.812. The molecule has 0 spiro atoms. The number of nitrogens with one attached hydrogen (secondary N) is 2. The molecule has 25 heavy (non-hydrogen) atoms. The van der Waals surface area contributed by atoms with E-state index >= 15 is 0 Å². The Morgan fingerprint density at radius 1 is 1.20 bits per heavy atom. The van der Waals surface area contributed by atoms with Gasteiger partial charge in [-0.05, 0) is 50.3 Å². The summed E-state index contributed by atoms with van der Waals surface area (Å²) in [5.74, 6) is 1.13. The molecule has 2 unspecified atom stereocenters. The molecule has 2 saturated heterocycles. The van der Waals surface area contributed by atoms with Gasteiger partial charge in [0.1, 0.15) is 5.75 Å². The minimum atomic E-state index is -0.0411. The van der Waals surface area contributed by atoms with Crippen molar-refractivity contribution in [3.8, 4) is 5.75 Å². The Hall–Kier alpha value is -2.08. The lowest BCUT2D eigenvalue weighted by atomic mass is 9.97. The minimum absolute atomic E-state index is 0.0114. The molecule has 1 aromatic carbocycles. The molecule has 0 radical (unpaired) electrons. The molecule has 2 N–H and O–H groups in total. The highest BCUT2D eigenvalue weighted by molar-refractivity contribution is 5.82. The van der Waals surface area contributed by atoms with Crippen molar-refractivity contribution in [1.82, 2.24) is 15.5 Å². The first kappa shape index (κ1) is 17.7. The second-order valence-electron chi connectivity index (χ2n) is 6.84. The normalized spacial score (nSPS) is 23.3. The van der Waals surface area contributed by atoms with Crippen molar-refractivity contribution in [3.63, 3.8) is 0 Å². The molecule has 2 atom stereocenters. The first-order valence-corrected chi connectivity index (χ1v) is 9.19. The van der Waals surface area contributed by atoms with Crippen molar-refractivity contribution in [2.75, 3.05) is 32.8 Å². The maximum Gasteiger partial charge on any atom is 0.260 e. The Kier molecular flexibility index (Phi) is 6.28. The molecule has 2 aliphatic rings. The predicted molar refractivity (Wildman–Crippen MR) is 95.3 cm³/mol. The van der Waals surface area contributed by atoms with E-state index in [1.165, 1.54) is 0 Å². The summed E-state index contributed by atoms with van der Waals surface area (Å²) in [5.41, 5.74) is 0. The number of para-hydroxylation sites is 1. The summed E-state index contributed by atoms with van der Waals surface area (Å²) in [6.07, 6.45) is 3.99.